The predicted octanol–water partition coefficient (Wildman–Crippen LogP) is 3.34. The van der Waals surface area contributed by atoms with Gasteiger partial charge in [-0.25, -0.2) is 0 Å². The lowest BCUT2D eigenvalue weighted by atomic mass is 9.54. The molecule has 138 valence electrons. The standard InChI is InChI=1S/C18H26Cl2N4O/c1-21-17(22-10-11-9-13(19)16(20)24(11)2)23-14-12-5-8-25-15(12)18(14)6-3-4-7-18/h9,12,14-15H,3-8,10H2,1-2H3,(H2,21,22,23). The summed E-state index contributed by atoms with van der Waals surface area (Å²) in [4.78, 5) is 4.43. The van der Waals surface area contributed by atoms with Crippen molar-refractivity contribution in [2.24, 2.45) is 23.4 Å². The number of rotatable bonds is 3. The second kappa shape index (κ2) is 6.67. The van der Waals surface area contributed by atoms with Crippen molar-refractivity contribution in [3.05, 3.63) is 21.9 Å². The molecular weight excluding hydrogens is 359 g/mol. The molecule has 1 saturated heterocycles. The first-order chi connectivity index (χ1) is 12.1. The van der Waals surface area contributed by atoms with Crippen molar-refractivity contribution < 1.29 is 4.74 Å². The summed E-state index contributed by atoms with van der Waals surface area (Å²) in [5.74, 6) is 1.46. The number of fused-ring (bicyclic) bond motifs is 2. The first kappa shape index (κ1) is 17.5. The molecule has 25 heavy (non-hydrogen) atoms. The van der Waals surface area contributed by atoms with E-state index in [2.05, 4.69) is 15.6 Å². The normalized spacial score (nSPS) is 30.4. The topological polar surface area (TPSA) is 50.6 Å². The van der Waals surface area contributed by atoms with Crippen LogP contribution in [-0.2, 0) is 18.3 Å². The SMILES string of the molecule is CN=C(NCc1cc(Cl)c(Cl)n1C)NC1C2CCOC2C12CCCC2. The highest BCUT2D eigenvalue weighted by atomic mass is 35.5. The summed E-state index contributed by atoms with van der Waals surface area (Å²) in [6.45, 7) is 1.54. The Morgan fingerprint density at radius 1 is 1.40 bits per heavy atom. The van der Waals surface area contributed by atoms with Crippen LogP contribution >= 0.6 is 23.2 Å². The van der Waals surface area contributed by atoms with Crippen LogP contribution < -0.4 is 10.6 Å². The Balaban J connectivity index is 1.43. The van der Waals surface area contributed by atoms with Gasteiger partial charge < -0.3 is 19.9 Å². The summed E-state index contributed by atoms with van der Waals surface area (Å²) in [5.41, 5.74) is 1.35. The number of nitrogens with one attached hydrogen (secondary N) is 2. The average molecular weight is 385 g/mol. The second-order valence-electron chi connectivity index (χ2n) is 7.57. The van der Waals surface area contributed by atoms with Gasteiger partial charge in [0, 0.05) is 43.8 Å². The van der Waals surface area contributed by atoms with Gasteiger partial charge in [-0.2, -0.15) is 0 Å². The maximum absolute atomic E-state index is 6.15. The number of halogens is 2. The minimum absolute atomic E-state index is 0.316. The third kappa shape index (κ3) is 2.75. The second-order valence-corrected chi connectivity index (χ2v) is 8.33. The van der Waals surface area contributed by atoms with E-state index >= 15 is 0 Å². The van der Waals surface area contributed by atoms with E-state index < -0.39 is 0 Å². The fraction of sp³-hybridized carbons (Fsp3) is 0.722. The van der Waals surface area contributed by atoms with E-state index in [0.29, 0.717) is 40.2 Å². The predicted molar refractivity (Wildman–Crippen MR) is 101 cm³/mol. The van der Waals surface area contributed by atoms with Crippen LogP contribution in [-0.4, -0.2) is 36.3 Å². The molecule has 0 radical (unpaired) electrons. The molecule has 2 aliphatic carbocycles. The van der Waals surface area contributed by atoms with Gasteiger partial charge >= 0.3 is 0 Å². The van der Waals surface area contributed by atoms with E-state index in [9.17, 15) is 0 Å². The van der Waals surface area contributed by atoms with Crippen LogP contribution in [0, 0.1) is 11.3 Å². The maximum Gasteiger partial charge on any atom is 0.191 e. The Morgan fingerprint density at radius 2 is 2.16 bits per heavy atom. The minimum Gasteiger partial charge on any atom is -0.377 e. The monoisotopic (exact) mass is 384 g/mol. The smallest absolute Gasteiger partial charge is 0.191 e. The fourth-order valence-corrected chi connectivity index (χ4v) is 5.59. The minimum atomic E-state index is 0.316. The number of aliphatic imine (C=N–C) groups is 1. The summed E-state index contributed by atoms with van der Waals surface area (Å²) in [7, 11) is 3.74. The molecule has 0 aromatic carbocycles. The van der Waals surface area contributed by atoms with Gasteiger partial charge in [0.2, 0.25) is 0 Å². The highest BCUT2D eigenvalue weighted by molar-refractivity contribution is 6.41. The Bertz CT molecular complexity index is 681. The van der Waals surface area contributed by atoms with Crippen LogP contribution in [0.1, 0.15) is 37.8 Å². The third-order valence-electron chi connectivity index (χ3n) is 6.45. The zero-order valence-electron chi connectivity index (χ0n) is 14.8. The Kier molecular flexibility index (Phi) is 4.67. The lowest BCUT2D eigenvalue weighted by molar-refractivity contribution is -0.125. The summed E-state index contributed by atoms with van der Waals surface area (Å²) >= 11 is 12.3. The third-order valence-corrected chi connectivity index (χ3v) is 7.30. The molecule has 1 aromatic rings. The van der Waals surface area contributed by atoms with Crippen molar-refractivity contribution in [2.75, 3.05) is 13.7 Å². The van der Waals surface area contributed by atoms with Gasteiger partial charge in [0.25, 0.3) is 0 Å². The molecule has 3 atom stereocenters. The summed E-state index contributed by atoms with van der Waals surface area (Å²) in [5, 5.41) is 8.26. The van der Waals surface area contributed by atoms with Crippen LogP contribution in [0.25, 0.3) is 0 Å². The van der Waals surface area contributed by atoms with Crippen LogP contribution in [0.4, 0.5) is 0 Å². The van der Waals surface area contributed by atoms with Gasteiger partial charge in [0.15, 0.2) is 5.96 Å². The van der Waals surface area contributed by atoms with E-state index in [1.807, 2.05) is 24.7 Å². The van der Waals surface area contributed by atoms with Gasteiger partial charge in [0.05, 0.1) is 17.7 Å². The highest BCUT2D eigenvalue weighted by Crippen LogP contribution is 2.60. The van der Waals surface area contributed by atoms with Gasteiger partial charge in [-0.05, 0) is 25.3 Å². The van der Waals surface area contributed by atoms with Crippen molar-refractivity contribution in [1.29, 1.82) is 0 Å². The summed E-state index contributed by atoms with van der Waals surface area (Å²) < 4.78 is 7.96. The summed E-state index contributed by atoms with van der Waals surface area (Å²) in [6, 6.07) is 2.36. The Morgan fingerprint density at radius 3 is 2.80 bits per heavy atom. The molecule has 5 nitrogen and oxygen atoms in total. The van der Waals surface area contributed by atoms with Crippen molar-refractivity contribution >= 4 is 29.2 Å². The largest absolute Gasteiger partial charge is 0.377 e. The number of guanidine groups is 1. The molecular formula is C18H26Cl2N4O. The molecule has 1 aromatic heterocycles. The van der Waals surface area contributed by atoms with E-state index in [1.165, 1.54) is 25.7 Å². The van der Waals surface area contributed by atoms with E-state index in [4.69, 9.17) is 27.9 Å². The van der Waals surface area contributed by atoms with Crippen LogP contribution in [0.3, 0.4) is 0 Å². The Hall–Kier alpha value is -0.910. The molecule has 2 N–H and O–H groups in total. The zero-order chi connectivity index (χ0) is 17.6. The van der Waals surface area contributed by atoms with Crippen LogP contribution in [0.15, 0.2) is 11.1 Å². The zero-order valence-corrected chi connectivity index (χ0v) is 16.3. The van der Waals surface area contributed by atoms with Crippen LogP contribution in [0.2, 0.25) is 10.2 Å². The molecule has 3 fully saturated rings. The quantitative estimate of drug-likeness (QED) is 0.620. The summed E-state index contributed by atoms with van der Waals surface area (Å²) in [6.07, 6.45) is 6.78. The molecule has 1 aliphatic heterocycles. The molecule has 0 bridgehead atoms. The average Bonchev–Trinajstić information content (AvgIpc) is 3.31. The van der Waals surface area contributed by atoms with Gasteiger partial charge in [0.1, 0.15) is 5.15 Å². The van der Waals surface area contributed by atoms with Crippen LogP contribution in [0.5, 0.6) is 0 Å². The van der Waals surface area contributed by atoms with E-state index in [1.54, 1.807) is 0 Å². The van der Waals surface area contributed by atoms with Gasteiger partial charge in [-0.3, -0.25) is 4.99 Å². The molecule has 4 rings (SSSR count). The molecule has 1 spiro atoms. The molecule has 2 saturated carbocycles. The number of hydrogen-bond donors (Lipinski definition) is 2. The molecule has 0 amide bonds. The number of aromatic nitrogens is 1. The van der Waals surface area contributed by atoms with Crippen molar-refractivity contribution in [3.63, 3.8) is 0 Å². The fourth-order valence-electron chi connectivity index (χ4n) is 5.18. The number of hydrogen-bond acceptors (Lipinski definition) is 2. The highest BCUT2D eigenvalue weighted by Gasteiger charge is 2.65. The van der Waals surface area contributed by atoms with Crippen molar-refractivity contribution in [2.45, 2.75) is 50.8 Å². The molecule has 2 heterocycles. The maximum atomic E-state index is 6.15. The van der Waals surface area contributed by atoms with Crippen molar-refractivity contribution in [3.8, 4) is 0 Å². The van der Waals surface area contributed by atoms with Gasteiger partial charge in [-0.15, -0.1) is 0 Å². The Labute approximate surface area is 159 Å². The first-order valence-corrected chi connectivity index (χ1v) is 9.91. The number of ether oxygens (including phenoxy) is 1. The van der Waals surface area contributed by atoms with Crippen molar-refractivity contribution in [1.82, 2.24) is 15.2 Å². The molecule has 3 aliphatic rings. The lowest BCUT2D eigenvalue weighted by Gasteiger charge is -2.57. The molecule has 7 heteroatoms. The first-order valence-electron chi connectivity index (χ1n) is 9.15. The molecule has 3 unspecified atom stereocenters. The lowest BCUT2D eigenvalue weighted by Crippen LogP contribution is -2.69. The van der Waals surface area contributed by atoms with E-state index in [0.717, 1.165) is 24.7 Å². The number of nitrogens with zero attached hydrogens (tertiary/aromatic N) is 2. The van der Waals surface area contributed by atoms with Gasteiger partial charge in [-0.1, -0.05) is 36.0 Å². The van der Waals surface area contributed by atoms with E-state index in [-0.39, 0.29) is 0 Å².